The molecule has 5 heteroatoms. The first kappa shape index (κ1) is 12.9. The van der Waals surface area contributed by atoms with Crippen LogP contribution in [0.5, 0.6) is 0 Å². The molecule has 0 saturated heterocycles. The Labute approximate surface area is 112 Å². The van der Waals surface area contributed by atoms with Crippen molar-refractivity contribution >= 4 is 17.3 Å². The summed E-state index contributed by atoms with van der Waals surface area (Å²) in [5.41, 5.74) is 3.30. The number of aryl methyl sites for hydroxylation is 1. The summed E-state index contributed by atoms with van der Waals surface area (Å²) in [6, 6.07) is 3.69. The molecule has 0 aliphatic rings. The minimum atomic E-state index is 0.423. The lowest BCUT2D eigenvalue weighted by Crippen LogP contribution is -2.02. The van der Waals surface area contributed by atoms with Crippen LogP contribution in [0.1, 0.15) is 31.0 Å². The molecule has 1 N–H and O–H groups in total. The minimum Gasteiger partial charge on any atom is -0.380 e. The van der Waals surface area contributed by atoms with E-state index < -0.39 is 0 Å². The molecule has 0 saturated carbocycles. The number of halogens is 1. The molecule has 2 aromatic rings. The van der Waals surface area contributed by atoms with E-state index in [1.165, 1.54) is 5.56 Å². The fourth-order valence-electron chi connectivity index (χ4n) is 1.85. The third-order valence-electron chi connectivity index (χ3n) is 2.69. The summed E-state index contributed by atoms with van der Waals surface area (Å²) in [5.74, 6) is 0.423. The molecule has 0 amide bonds. The Morgan fingerprint density at radius 2 is 2.17 bits per heavy atom. The molecule has 18 heavy (non-hydrogen) atoms. The highest BCUT2D eigenvalue weighted by molar-refractivity contribution is 6.29. The normalized spacial score (nSPS) is 10.9. The molecule has 0 aliphatic heterocycles. The van der Waals surface area contributed by atoms with Crippen LogP contribution in [0, 0.1) is 0 Å². The maximum atomic E-state index is 5.75. The standard InChI is InChI=1S/C13H17ClN4/c1-9(2)13-10(8-18(3)17-13)6-15-11-4-5-12(14)16-7-11/h4-5,7-9,15H,6H2,1-3H3. The quantitative estimate of drug-likeness (QED) is 0.863. The highest BCUT2D eigenvalue weighted by Gasteiger charge is 2.10. The molecule has 0 unspecified atom stereocenters. The van der Waals surface area contributed by atoms with Crippen molar-refractivity contribution in [2.75, 3.05) is 5.32 Å². The average Bonchev–Trinajstić information content (AvgIpc) is 2.70. The maximum absolute atomic E-state index is 5.75. The van der Waals surface area contributed by atoms with E-state index in [-0.39, 0.29) is 0 Å². The molecule has 0 atom stereocenters. The topological polar surface area (TPSA) is 42.7 Å². The third-order valence-corrected chi connectivity index (χ3v) is 2.92. The maximum Gasteiger partial charge on any atom is 0.129 e. The Morgan fingerprint density at radius 3 is 2.78 bits per heavy atom. The monoisotopic (exact) mass is 264 g/mol. The lowest BCUT2D eigenvalue weighted by atomic mass is 10.1. The summed E-state index contributed by atoms with van der Waals surface area (Å²) in [5, 5.41) is 8.30. The van der Waals surface area contributed by atoms with Crippen molar-refractivity contribution in [2.24, 2.45) is 7.05 Å². The van der Waals surface area contributed by atoms with Gasteiger partial charge in [0, 0.05) is 25.4 Å². The zero-order chi connectivity index (χ0) is 13.1. The summed E-state index contributed by atoms with van der Waals surface area (Å²) >= 11 is 5.75. The Balaban J connectivity index is 2.08. The van der Waals surface area contributed by atoms with Gasteiger partial charge in [0.2, 0.25) is 0 Å². The van der Waals surface area contributed by atoms with E-state index in [1.807, 2.05) is 24.0 Å². The van der Waals surface area contributed by atoms with Crippen LogP contribution in [0.2, 0.25) is 5.15 Å². The van der Waals surface area contributed by atoms with Gasteiger partial charge < -0.3 is 5.32 Å². The molecular weight excluding hydrogens is 248 g/mol. The summed E-state index contributed by atoms with van der Waals surface area (Å²) in [6.45, 7) is 5.04. The zero-order valence-corrected chi connectivity index (χ0v) is 11.6. The lowest BCUT2D eigenvalue weighted by Gasteiger charge is -2.07. The Bertz CT molecular complexity index is 516. The summed E-state index contributed by atoms with van der Waals surface area (Å²) in [7, 11) is 1.94. The molecule has 0 aromatic carbocycles. The van der Waals surface area contributed by atoms with Crippen LogP contribution in [0.3, 0.4) is 0 Å². The molecule has 96 valence electrons. The third kappa shape index (κ3) is 3.01. The van der Waals surface area contributed by atoms with Gasteiger partial charge in [-0.1, -0.05) is 25.4 Å². The van der Waals surface area contributed by atoms with Gasteiger partial charge in [-0.3, -0.25) is 4.68 Å². The number of hydrogen-bond acceptors (Lipinski definition) is 3. The first-order valence-electron chi connectivity index (χ1n) is 5.94. The number of rotatable bonds is 4. The number of nitrogens with one attached hydrogen (secondary N) is 1. The molecule has 2 heterocycles. The van der Waals surface area contributed by atoms with E-state index in [0.717, 1.165) is 17.9 Å². The van der Waals surface area contributed by atoms with E-state index in [9.17, 15) is 0 Å². The van der Waals surface area contributed by atoms with Crippen LogP contribution in [0.4, 0.5) is 5.69 Å². The zero-order valence-electron chi connectivity index (χ0n) is 10.8. The second kappa shape index (κ2) is 5.40. The Hall–Kier alpha value is -1.55. The average molecular weight is 265 g/mol. The number of anilines is 1. The minimum absolute atomic E-state index is 0.423. The first-order valence-corrected chi connectivity index (χ1v) is 6.32. The van der Waals surface area contributed by atoms with Gasteiger partial charge in [0.05, 0.1) is 17.6 Å². The molecule has 0 spiro atoms. The molecule has 2 rings (SSSR count). The van der Waals surface area contributed by atoms with E-state index in [1.54, 1.807) is 12.3 Å². The van der Waals surface area contributed by atoms with Crippen LogP contribution in [0.15, 0.2) is 24.5 Å². The van der Waals surface area contributed by atoms with Gasteiger partial charge in [-0.2, -0.15) is 5.10 Å². The molecule has 4 nitrogen and oxygen atoms in total. The molecule has 0 radical (unpaired) electrons. The van der Waals surface area contributed by atoms with Crippen LogP contribution >= 0.6 is 11.6 Å². The second-order valence-corrected chi connectivity index (χ2v) is 4.98. The predicted octanol–water partition coefficient (Wildman–Crippen LogP) is 3.20. The lowest BCUT2D eigenvalue weighted by molar-refractivity contribution is 0.712. The van der Waals surface area contributed by atoms with Crippen molar-refractivity contribution < 1.29 is 0 Å². The smallest absolute Gasteiger partial charge is 0.129 e. The fraction of sp³-hybridized carbons (Fsp3) is 0.385. The number of hydrogen-bond donors (Lipinski definition) is 1. The molecular formula is C13H17ClN4. The SMILES string of the molecule is CC(C)c1nn(C)cc1CNc1ccc(Cl)nc1. The van der Waals surface area contributed by atoms with Crippen molar-refractivity contribution in [3.8, 4) is 0 Å². The number of aromatic nitrogens is 3. The van der Waals surface area contributed by atoms with Crippen LogP contribution in [-0.2, 0) is 13.6 Å². The number of nitrogens with zero attached hydrogens (tertiary/aromatic N) is 3. The summed E-state index contributed by atoms with van der Waals surface area (Å²) in [6.07, 6.45) is 3.78. The molecule has 0 fully saturated rings. The highest BCUT2D eigenvalue weighted by Crippen LogP contribution is 2.18. The first-order chi connectivity index (χ1) is 8.56. The summed E-state index contributed by atoms with van der Waals surface area (Å²) < 4.78 is 1.85. The molecule has 0 bridgehead atoms. The van der Waals surface area contributed by atoms with Gasteiger partial charge in [-0.15, -0.1) is 0 Å². The fourth-order valence-corrected chi connectivity index (χ4v) is 1.97. The van der Waals surface area contributed by atoms with Gasteiger partial charge in [0.15, 0.2) is 0 Å². The van der Waals surface area contributed by atoms with Crippen molar-refractivity contribution in [2.45, 2.75) is 26.3 Å². The van der Waals surface area contributed by atoms with Crippen molar-refractivity contribution in [1.82, 2.24) is 14.8 Å². The predicted molar refractivity (Wildman–Crippen MR) is 73.9 cm³/mol. The largest absolute Gasteiger partial charge is 0.380 e. The van der Waals surface area contributed by atoms with Crippen molar-refractivity contribution in [1.29, 1.82) is 0 Å². The highest BCUT2D eigenvalue weighted by atomic mass is 35.5. The van der Waals surface area contributed by atoms with Crippen LogP contribution in [-0.4, -0.2) is 14.8 Å². The van der Waals surface area contributed by atoms with Gasteiger partial charge >= 0.3 is 0 Å². The van der Waals surface area contributed by atoms with Gasteiger partial charge in [-0.05, 0) is 18.1 Å². The van der Waals surface area contributed by atoms with E-state index in [2.05, 4.69) is 29.2 Å². The van der Waals surface area contributed by atoms with Gasteiger partial charge in [-0.25, -0.2) is 4.98 Å². The summed E-state index contributed by atoms with van der Waals surface area (Å²) in [4.78, 5) is 4.04. The van der Waals surface area contributed by atoms with Crippen molar-refractivity contribution in [3.63, 3.8) is 0 Å². The second-order valence-electron chi connectivity index (χ2n) is 4.59. The molecule has 0 aliphatic carbocycles. The van der Waals surface area contributed by atoms with Gasteiger partial charge in [0.1, 0.15) is 5.15 Å². The Morgan fingerprint density at radius 1 is 1.39 bits per heavy atom. The van der Waals surface area contributed by atoms with Crippen molar-refractivity contribution in [3.05, 3.63) is 40.9 Å². The number of pyridine rings is 1. The Kier molecular flexibility index (Phi) is 3.87. The molecule has 2 aromatic heterocycles. The van der Waals surface area contributed by atoms with E-state index in [4.69, 9.17) is 11.6 Å². The van der Waals surface area contributed by atoms with Crippen LogP contribution in [0.25, 0.3) is 0 Å². The van der Waals surface area contributed by atoms with E-state index >= 15 is 0 Å². The van der Waals surface area contributed by atoms with Gasteiger partial charge in [0.25, 0.3) is 0 Å². The van der Waals surface area contributed by atoms with E-state index in [0.29, 0.717) is 11.1 Å². The van der Waals surface area contributed by atoms with Crippen LogP contribution < -0.4 is 5.32 Å².